The van der Waals surface area contributed by atoms with Gasteiger partial charge in [0.25, 0.3) is 0 Å². The Balaban J connectivity index is 1.87. The predicted molar refractivity (Wildman–Crippen MR) is 115 cm³/mol. The van der Waals surface area contributed by atoms with E-state index in [-0.39, 0.29) is 24.3 Å². The lowest BCUT2D eigenvalue weighted by atomic mass is 9.85. The van der Waals surface area contributed by atoms with Gasteiger partial charge in [-0.3, -0.25) is 4.99 Å². The van der Waals surface area contributed by atoms with Gasteiger partial charge in [0.05, 0.1) is 12.2 Å². The van der Waals surface area contributed by atoms with Crippen molar-refractivity contribution in [3.05, 3.63) is 63.0 Å². The van der Waals surface area contributed by atoms with E-state index in [9.17, 15) is 9.18 Å². The molecule has 8 heteroatoms. The van der Waals surface area contributed by atoms with Crippen molar-refractivity contribution in [1.29, 1.82) is 0 Å². The predicted octanol–water partition coefficient (Wildman–Crippen LogP) is 3.50. The number of nitrogens with one attached hydrogen (secondary N) is 2. The molecule has 4 rings (SSSR count). The fourth-order valence-corrected chi connectivity index (χ4v) is 4.64. The molecule has 0 bridgehead atoms. The lowest BCUT2D eigenvalue weighted by Crippen LogP contribution is -2.40. The number of hydrogen-bond donors (Lipinski definition) is 2. The first kappa shape index (κ1) is 20.7. The van der Waals surface area contributed by atoms with Gasteiger partial charge in [-0.05, 0) is 63.0 Å². The average molecular weight is 429 g/mol. The molecule has 1 saturated heterocycles. The first-order valence-corrected chi connectivity index (χ1v) is 11.1. The molecule has 1 fully saturated rings. The summed E-state index contributed by atoms with van der Waals surface area (Å²) in [5.41, 5.74) is 2.90. The van der Waals surface area contributed by atoms with E-state index in [1.807, 2.05) is 12.3 Å². The van der Waals surface area contributed by atoms with Crippen molar-refractivity contribution in [1.82, 2.24) is 15.6 Å². The van der Waals surface area contributed by atoms with Crippen LogP contribution < -0.4 is 10.6 Å². The number of aliphatic imine (C=N–C) groups is 1. The van der Waals surface area contributed by atoms with Gasteiger partial charge in [0, 0.05) is 23.2 Å². The van der Waals surface area contributed by atoms with Crippen molar-refractivity contribution in [2.24, 2.45) is 10.9 Å². The van der Waals surface area contributed by atoms with Crippen molar-refractivity contribution < 1.29 is 13.9 Å². The van der Waals surface area contributed by atoms with Crippen molar-refractivity contribution in [2.75, 3.05) is 19.7 Å². The van der Waals surface area contributed by atoms with Crippen LogP contribution in [0.4, 0.5) is 4.39 Å². The molecule has 1 atom stereocenters. The zero-order valence-electron chi connectivity index (χ0n) is 17.1. The minimum absolute atomic E-state index is 0.180. The number of rotatable bonds is 5. The highest BCUT2D eigenvalue weighted by Crippen LogP contribution is 2.38. The number of carbonyl (C=O) groups excluding carboxylic acids is 1. The molecule has 30 heavy (non-hydrogen) atoms. The zero-order valence-corrected chi connectivity index (χ0v) is 17.9. The van der Waals surface area contributed by atoms with Gasteiger partial charge < -0.3 is 15.4 Å². The van der Waals surface area contributed by atoms with Gasteiger partial charge in [-0.2, -0.15) is 0 Å². The molecule has 6 nitrogen and oxygen atoms in total. The van der Waals surface area contributed by atoms with E-state index in [4.69, 9.17) is 9.73 Å². The second-order valence-corrected chi connectivity index (χ2v) is 8.31. The quantitative estimate of drug-likeness (QED) is 0.713. The first-order chi connectivity index (χ1) is 14.6. The van der Waals surface area contributed by atoms with E-state index in [0.717, 1.165) is 47.8 Å². The summed E-state index contributed by atoms with van der Waals surface area (Å²) in [6.45, 7) is 5.68. The summed E-state index contributed by atoms with van der Waals surface area (Å²) in [5.74, 6) is 0.128. The van der Waals surface area contributed by atoms with Gasteiger partial charge in [-0.15, -0.1) is 11.3 Å². The number of ether oxygens (including phenoxy) is 1. The molecule has 1 aromatic carbocycles. The third-order valence-corrected chi connectivity index (χ3v) is 6.26. The summed E-state index contributed by atoms with van der Waals surface area (Å²) in [6, 6.07) is 4.02. The van der Waals surface area contributed by atoms with Gasteiger partial charge >= 0.3 is 5.97 Å². The number of thiazole rings is 1. The number of hydrogen-bond acceptors (Lipinski definition) is 7. The smallest absolute Gasteiger partial charge is 0.338 e. The van der Waals surface area contributed by atoms with E-state index in [1.54, 1.807) is 19.2 Å². The molecule has 1 unspecified atom stereocenters. The number of amidine groups is 1. The van der Waals surface area contributed by atoms with E-state index < -0.39 is 6.04 Å². The van der Waals surface area contributed by atoms with E-state index in [1.165, 1.54) is 23.5 Å². The summed E-state index contributed by atoms with van der Waals surface area (Å²) < 4.78 is 19.2. The van der Waals surface area contributed by atoms with Gasteiger partial charge in [0.15, 0.2) is 10.8 Å². The standard InChI is InChI=1S/C22H25FN4O2S/c1-3-29-22(28)17-18(14-6-8-24-9-7-14)26-20(21-25-10-11-30-21)27-19(17)16-5-4-15(23)12-13(16)2/h4-5,10-12,14,19,24H,3,6-9H2,1-2H3,(H,26,27). The van der Waals surface area contributed by atoms with Gasteiger partial charge in [0.2, 0.25) is 0 Å². The van der Waals surface area contributed by atoms with Crippen LogP contribution in [0.2, 0.25) is 0 Å². The lowest BCUT2D eigenvalue weighted by molar-refractivity contribution is -0.139. The maximum absolute atomic E-state index is 13.8. The van der Waals surface area contributed by atoms with Crippen molar-refractivity contribution in [3.8, 4) is 0 Å². The number of aromatic nitrogens is 1. The molecule has 0 spiro atoms. The molecule has 0 saturated carbocycles. The summed E-state index contributed by atoms with van der Waals surface area (Å²) in [4.78, 5) is 22.4. The minimum atomic E-state index is -0.574. The third-order valence-electron chi connectivity index (χ3n) is 5.48. The Kier molecular flexibility index (Phi) is 6.24. The molecule has 1 aromatic heterocycles. The third kappa shape index (κ3) is 4.15. The zero-order chi connectivity index (χ0) is 21.1. The van der Waals surface area contributed by atoms with E-state index in [2.05, 4.69) is 15.6 Å². The van der Waals surface area contributed by atoms with Crippen LogP contribution in [-0.2, 0) is 9.53 Å². The van der Waals surface area contributed by atoms with E-state index in [0.29, 0.717) is 11.4 Å². The van der Waals surface area contributed by atoms with Crippen molar-refractivity contribution in [2.45, 2.75) is 32.7 Å². The van der Waals surface area contributed by atoms with Crippen LogP contribution in [0.3, 0.4) is 0 Å². The average Bonchev–Trinajstić information content (AvgIpc) is 3.29. The summed E-state index contributed by atoms with van der Waals surface area (Å²) in [5, 5.41) is 9.45. The molecule has 2 aromatic rings. The fraction of sp³-hybridized carbons (Fsp3) is 0.409. The summed E-state index contributed by atoms with van der Waals surface area (Å²) >= 11 is 1.49. The summed E-state index contributed by atoms with van der Waals surface area (Å²) in [6.07, 6.45) is 3.55. The topological polar surface area (TPSA) is 75.6 Å². The Morgan fingerprint density at radius 3 is 2.80 bits per heavy atom. The van der Waals surface area contributed by atoms with Crippen LogP contribution in [-0.4, -0.2) is 36.5 Å². The van der Waals surface area contributed by atoms with Crippen LogP contribution in [0.5, 0.6) is 0 Å². The Morgan fingerprint density at radius 2 is 2.13 bits per heavy atom. The van der Waals surface area contributed by atoms with Crippen LogP contribution in [0.1, 0.15) is 41.9 Å². The van der Waals surface area contributed by atoms with Gasteiger partial charge in [-0.1, -0.05) is 6.07 Å². The van der Waals surface area contributed by atoms with E-state index >= 15 is 0 Å². The summed E-state index contributed by atoms with van der Waals surface area (Å²) in [7, 11) is 0. The normalized spacial score (nSPS) is 20.0. The Bertz CT molecular complexity index is 981. The van der Waals surface area contributed by atoms with Crippen LogP contribution in [0.25, 0.3) is 0 Å². The van der Waals surface area contributed by atoms with Crippen LogP contribution in [0.15, 0.2) is 46.0 Å². The number of aryl methyl sites for hydroxylation is 1. The molecule has 0 amide bonds. The monoisotopic (exact) mass is 428 g/mol. The SMILES string of the molecule is CCOC(=O)C1=C(C2CCNCC2)NC(c2nccs2)=NC1c1ccc(F)cc1C. The molecule has 3 heterocycles. The second-order valence-electron chi connectivity index (χ2n) is 7.42. The molecular weight excluding hydrogens is 403 g/mol. The Morgan fingerprint density at radius 1 is 1.33 bits per heavy atom. The fourth-order valence-electron chi connectivity index (χ4n) is 4.05. The van der Waals surface area contributed by atoms with Gasteiger partial charge in [-0.25, -0.2) is 14.2 Å². The van der Waals surface area contributed by atoms with Crippen LogP contribution >= 0.6 is 11.3 Å². The Labute approximate surface area is 179 Å². The minimum Gasteiger partial charge on any atom is -0.463 e. The maximum Gasteiger partial charge on any atom is 0.338 e. The highest BCUT2D eigenvalue weighted by molar-refractivity contribution is 7.11. The number of allylic oxidation sites excluding steroid dienone is 1. The number of benzene rings is 1. The molecule has 2 aliphatic heterocycles. The number of esters is 1. The number of nitrogens with zero attached hydrogens (tertiary/aromatic N) is 2. The number of piperidine rings is 1. The highest BCUT2D eigenvalue weighted by atomic mass is 32.1. The molecular formula is C22H25FN4O2S. The molecule has 2 aliphatic rings. The molecule has 2 N–H and O–H groups in total. The van der Waals surface area contributed by atoms with Gasteiger partial charge in [0.1, 0.15) is 11.9 Å². The van der Waals surface area contributed by atoms with Crippen molar-refractivity contribution in [3.63, 3.8) is 0 Å². The Hall–Kier alpha value is -2.58. The largest absolute Gasteiger partial charge is 0.463 e. The highest BCUT2D eigenvalue weighted by Gasteiger charge is 2.36. The maximum atomic E-state index is 13.8. The first-order valence-electron chi connectivity index (χ1n) is 10.2. The number of carbonyl (C=O) groups is 1. The molecule has 0 radical (unpaired) electrons. The van der Waals surface area contributed by atoms with Crippen molar-refractivity contribution >= 4 is 23.1 Å². The lowest BCUT2D eigenvalue weighted by Gasteiger charge is -2.33. The second kappa shape index (κ2) is 9.06. The number of halogens is 1. The molecule has 0 aliphatic carbocycles. The van der Waals surface area contributed by atoms with Crippen LogP contribution in [0, 0.1) is 18.7 Å². The molecule has 158 valence electrons.